The number of aliphatic imine (C=N–C) groups is 1. The van der Waals surface area contributed by atoms with E-state index >= 15 is 0 Å². The summed E-state index contributed by atoms with van der Waals surface area (Å²) in [6.45, 7) is 2.14. The zero-order chi connectivity index (χ0) is 18.7. The lowest BCUT2D eigenvalue weighted by Crippen LogP contribution is -2.39. The van der Waals surface area contributed by atoms with E-state index in [1.807, 2.05) is 23.0 Å². The highest BCUT2D eigenvalue weighted by Crippen LogP contribution is 2.19. The summed E-state index contributed by atoms with van der Waals surface area (Å²) in [5.74, 6) is 1.63. The fourth-order valence-electron chi connectivity index (χ4n) is 3.28. The minimum atomic E-state index is 0.435. The Morgan fingerprint density at radius 2 is 2.07 bits per heavy atom. The lowest BCUT2D eigenvalue weighted by atomic mass is 10.1. The molecule has 0 radical (unpaired) electrons. The molecule has 3 rings (SSSR count). The molecule has 1 aliphatic rings. The lowest BCUT2D eigenvalue weighted by molar-refractivity contribution is 0.0468. The molecule has 2 N–H and O–H groups in total. The van der Waals surface area contributed by atoms with E-state index in [2.05, 4.69) is 31.7 Å². The highest BCUT2D eigenvalue weighted by molar-refractivity contribution is 5.79. The Balaban J connectivity index is 1.36. The van der Waals surface area contributed by atoms with E-state index in [4.69, 9.17) is 4.74 Å². The standard InChI is InChI=1S/C20H30N6O/c1-21-20(23-11-13-27-18-6-4-2-3-5-7-18)25-15-17-8-9-19(24-14-17)26-12-10-22-16-26/h8-10,12,14,16,18H,2-7,11,13,15H2,1H3,(H2,21,23,25). The molecule has 1 fully saturated rings. The predicted octanol–water partition coefficient (Wildman–Crippen LogP) is 2.67. The van der Waals surface area contributed by atoms with Gasteiger partial charge >= 0.3 is 0 Å². The number of hydrogen-bond acceptors (Lipinski definition) is 4. The van der Waals surface area contributed by atoms with Crippen molar-refractivity contribution in [3.63, 3.8) is 0 Å². The first-order chi connectivity index (χ1) is 13.3. The zero-order valence-electron chi connectivity index (χ0n) is 16.1. The average molecular weight is 371 g/mol. The molecule has 27 heavy (non-hydrogen) atoms. The minimum Gasteiger partial charge on any atom is -0.376 e. The molecule has 2 heterocycles. The molecule has 2 aromatic rings. The van der Waals surface area contributed by atoms with Gasteiger partial charge in [-0.1, -0.05) is 31.7 Å². The van der Waals surface area contributed by atoms with E-state index in [0.717, 1.165) is 23.9 Å². The number of aromatic nitrogens is 3. The van der Waals surface area contributed by atoms with Crippen LogP contribution >= 0.6 is 0 Å². The fourth-order valence-corrected chi connectivity index (χ4v) is 3.28. The summed E-state index contributed by atoms with van der Waals surface area (Å²) >= 11 is 0. The summed E-state index contributed by atoms with van der Waals surface area (Å²) in [5.41, 5.74) is 1.09. The molecule has 2 aromatic heterocycles. The van der Waals surface area contributed by atoms with Crippen LogP contribution in [0.2, 0.25) is 0 Å². The predicted molar refractivity (Wildman–Crippen MR) is 107 cm³/mol. The molecule has 146 valence electrons. The van der Waals surface area contributed by atoms with Crippen molar-refractivity contribution < 1.29 is 4.74 Å². The second-order valence-electron chi connectivity index (χ2n) is 6.83. The van der Waals surface area contributed by atoms with Crippen LogP contribution in [0, 0.1) is 0 Å². The summed E-state index contributed by atoms with van der Waals surface area (Å²) in [6, 6.07) is 4.03. The second kappa shape index (κ2) is 10.7. The molecule has 0 unspecified atom stereocenters. The van der Waals surface area contributed by atoms with Gasteiger partial charge in [-0.25, -0.2) is 9.97 Å². The van der Waals surface area contributed by atoms with Crippen molar-refractivity contribution in [2.24, 2.45) is 4.99 Å². The fraction of sp³-hybridized carbons (Fsp3) is 0.550. The number of rotatable bonds is 7. The number of pyridine rings is 1. The van der Waals surface area contributed by atoms with Crippen LogP contribution < -0.4 is 10.6 Å². The summed E-state index contributed by atoms with van der Waals surface area (Å²) < 4.78 is 7.89. The van der Waals surface area contributed by atoms with Crippen LogP contribution in [0.25, 0.3) is 5.82 Å². The molecule has 1 saturated carbocycles. The lowest BCUT2D eigenvalue weighted by Gasteiger charge is -2.17. The summed E-state index contributed by atoms with van der Waals surface area (Å²) in [4.78, 5) is 12.8. The van der Waals surface area contributed by atoms with Crippen molar-refractivity contribution >= 4 is 5.96 Å². The number of nitrogens with one attached hydrogen (secondary N) is 2. The van der Waals surface area contributed by atoms with E-state index in [9.17, 15) is 0 Å². The highest BCUT2D eigenvalue weighted by atomic mass is 16.5. The molecule has 7 heteroatoms. The van der Waals surface area contributed by atoms with Gasteiger partial charge in [-0.05, 0) is 24.5 Å². The smallest absolute Gasteiger partial charge is 0.191 e. The molecule has 0 aromatic carbocycles. The largest absolute Gasteiger partial charge is 0.376 e. The van der Waals surface area contributed by atoms with E-state index in [0.29, 0.717) is 19.3 Å². The Kier molecular flexibility index (Phi) is 7.65. The van der Waals surface area contributed by atoms with Crippen LogP contribution in [0.4, 0.5) is 0 Å². The van der Waals surface area contributed by atoms with Gasteiger partial charge in [-0.3, -0.25) is 9.56 Å². The topological polar surface area (TPSA) is 76.4 Å². The summed E-state index contributed by atoms with van der Waals surface area (Å²) in [6.07, 6.45) is 15.4. The molecule has 0 aliphatic heterocycles. The maximum absolute atomic E-state index is 6.01. The normalized spacial score (nSPS) is 16.1. The van der Waals surface area contributed by atoms with Gasteiger partial charge in [-0.2, -0.15) is 0 Å². The monoisotopic (exact) mass is 370 g/mol. The van der Waals surface area contributed by atoms with Gasteiger partial charge in [0.15, 0.2) is 5.96 Å². The maximum Gasteiger partial charge on any atom is 0.191 e. The molecule has 0 atom stereocenters. The number of nitrogens with zero attached hydrogens (tertiary/aromatic N) is 4. The third kappa shape index (κ3) is 6.36. The third-order valence-electron chi connectivity index (χ3n) is 4.81. The van der Waals surface area contributed by atoms with Crippen molar-refractivity contribution in [1.29, 1.82) is 0 Å². The zero-order valence-corrected chi connectivity index (χ0v) is 16.1. The third-order valence-corrected chi connectivity index (χ3v) is 4.81. The molecular weight excluding hydrogens is 340 g/mol. The van der Waals surface area contributed by atoms with Crippen LogP contribution in [-0.4, -0.2) is 46.8 Å². The first kappa shape index (κ1) is 19.4. The van der Waals surface area contributed by atoms with Crippen LogP contribution in [0.15, 0.2) is 42.0 Å². The van der Waals surface area contributed by atoms with E-state index in [1.54, 1.807) is 19.6 Å². The van der Waals surface area contributed by atoms with Crippen LogP contribution in [0.1, 0.15) is 44.1 Å². The van der Waals surface area contributed by atoms with E-state index < -0.39 is 0 Å². The average Bonchev–Trinajstić information content (AvgIpc) is 3.12. The van der Waals surface area contributed by atoms with Crippen molar-refractivity contribution in [3.8, 4) is 5.82 Å². The van der Waals surface area contributed by atoms with Crippen molar-refractivity contribution in [2.45, 2.75) is 51.2 Å². The molecule has 7 nitrogen and oxygen atoms in total. The van der Waals surface area contributed by atoms with Gasteiger partial charge in [0.2, 0.25) is 0 Å². The number of ether oxygens (including phenoxy) is 1. The Bertz CT molecular complexity index is 675. The first-order valence-electron chi connectivity index (χ1n) is 9.84. The minimum absolute atomic E-state index is 0.435. The van der Waals surface area contributed by atoms with Crippen LogP contribution in [0.5, 0.6) is 0 Å². The van der Waals surface area contributed by atoms with Crippen molar-refractivity contribution in [3.05, 3.63) is 42.6 Å². The second-order valence-corrected chi connectivity index (χ2v) is 6.83. The first-order valence-corrected chi connectivity index (χ1v) is 9.84. The Hall–Kier alpha value is -2.41. The number of imidazole rings is 1. The van der Waals surface area contributed by atoms with E-state index in [-0.39, 0.29) is 0 Å². The molecular formula is C20H30N6O. The molecule has 0 amide bonds. The van der Waals surface area contributed by atoms with Crippen LogP contribution in [0.3, 0.4) is 0 Å². The van der Waals surface area contributed by atoms with Gasteiger partial charge in [0.1, 0.15) is 12.1 Å². The SMILES string of the molecule is CN=C(NCCOC1CCCCCC1)NCc1ccc(-n2ccnc2)nc1. The van der Waals surface area contributed by atoms with E-state index in [1.165, 1.54) is 38.5 Å². The summed E-state index contributed by atoms with van der Waals surface area (Å²) in [7, 11) is 1.78. The number of guanidine groups is 1. The Morgan fingerprint density at radius 3 is 2.74 bits per heavy atom. The van der Waals surface area contributed by atoms with Crippen molar-refractivity contribution in [2.75, 3.05) is 20.2 Å². The maximum atomic E-state index is 6.01. The van der Waals surface area contributed by atoms with Crippen LogP contribution in [-0.2, 0) is 11.3 Å². The Labute approximate surface area is 161 Å². The molecule has 0 bridgehead atoms. The van der Waals surface area contributed by atoms with Gasteiger partial charge in [0, 0.05) is 38.7 Å². The van der Waals surface area contributed by atoms with Gasteiger partial charge < -0.3 is 15.4 Å². The van der Waals surface area contributed by atoms with Gasteiger partial charge in [0.05, 0.1) is 12.7 Å². The Morgan fingerprint density at radius 1 is 1.22 bits per heavy atom. The molecule has 0 spiro atoms. The van der Waals surface area contributed by atoms with Crippen molar-refractivity contribution in [1.82, 2.24) is 25.2 Å². The van der Waals surface area contributed by atoms with Gasteiger partial charge in [-0.15, -0.1) is 0 Å². The summed E-state index contributed by atoms with van der Waals surface area (Å²) in [5, 5.41) is 6.62. The molecule has 1 aliphatic carbocycles. The quantitative estimate of drug-likeness (QED) is 0.339. The van der Waals surface area contributed by atoms with Gasteiger partial charge in [0.25, 0.3) is 0 Å². The number of hydrogen-bond donors (Lipinski definition) is 2. The molecule has 0 saturated heterocycles. The highest BCUT2D eigenvalue weighted by Gasteiger charge is 2.12.